The average Bonchev–Trinajstić information content (AvgIpc) is 3.27. The summed E-state index contributed by atoms with van der Waals surface area (Å²) in [7, 11) is 1.67. The molecule has 7 rings (SSSR count). The molecule has 7 aromatic rings. The maximum absolute atomic E-state index is 12.7. The van der Waals surface area contributed by atoms with Gasteiger partial charge >= 0.3 is 12.1 Å². The van der Waals surface area contributed by atoms with Gasteiger partial charge in [0, 0.05) is 29.4 Å². The summed E-state index contributed by atoms with van der Waals surface area (Å²) in [5.74, 6) is 1.72. The van der Waals surface area contributed by atoms with Gasteiger partial charge in [0.1, 0.15) is 23.0 Å². The molecule has 0 amide bonds. The van der Waals surface area contributed by atoms with Crippen molar-refractivity contribution in [2.24, 2.45) is 0 Å². The lowest BCUT2D eigenvalue weighted by Crippen LogP contribution is -2.19. The number of methoxy groups -OCH3 is 1. The van der Waals surface area contributed by atoms with Crippen molar-refractivity contribution in [1.29, 1.82) is 0 Å². The van der Waals surface area contributed by atoms with Gasteiger partial charge in [0.15, 0.2) is 0 Å². The van der Waals surface area contributed by atoms with Gasteiger partial charge in [0.25, 0.3) is 0 Å². The van der Waals surface area contributed by atoms with E-state index < -0.39 is 6.16 Å². The first-order chi connectivity index (χ1) is 29.5. The van der Waals surface area contributed by atoms with Crippen molar-refractivity contribution in [1.82, 2.24) is 0 Å². The minimum Gasteiger partial charge on any atom is -0.497 e. The summed E-state index contributed by atoms with van der Waals surface area (Å²) >= 11 is 0. The van der Waals surface area contributed by atoms with Crippen LogP contribution in [0.4, 0.5) is 21.9 Å². The van der Waals surface area contributed by atoms with Crippen LogP contribution in [0.2, 0.25) is 0 Å². The van der Waals surface area contributed by atoms with Crippen LogP contribution in [0.3, 0.4) is 0 Å². The maximum atomic E-state index is 12.7. The Kier molecular flexibility index (Phi) is 12.9. The van der Waals surface area contributed by atoms with E-state index in [2.05, 4.69) is 117 Å². The van der Waals surface area contributed by atoms with E-state index in [4.69, 9.17) is 18.9 Å². The molecular formula is C54H47NO6. The van der Waals surface area contributed by atoms with Crippen LogP contribution in [0.5, 0.6) is 23.0 Å². The summed E-state index contributed by atoms with van der Waals surface area (Å²) in [5.41, 5.74) is 10.3. The topological polar surface area (TPSA) is 74.3 Å². The highest BCUT2D eigenvalue weighted by atomic mass is 16.7. The molecule has 0 unspecified atom stereocenters. The molecule has 0 spiro atoms. The van der Waals surface area contributed by atoms with Gasteiger partial charge < -0.3 is 23.8 Å². The maximum Gasteiger partial charge on any atom is 0.519 e. The molecule has 0 aliphatic carbocycles. The van der Waals surface area contributed by atoms with Gasteiger partial charge in [-0.25, -0.2) is 4.79 Å². The first-order valence-electron chi connectivity index (χ1n) is 20.0. The Balaban J connectivity index is 0.956. The fourth-order valence-electron chi connectivity index (χ4n) is 6.78. The van der Waals surface area contributed by atoms with Gasteiger partial charge in [-0.2, -0.15) is 0 Å². The quantitative estimate of drug-likeness (QED) is 0.0497. The summed E-state index contributed by atoms with van der Waals surface area (Å²) in [5, 5.41) is 0. The molecule has 7 nitrogen and oxygen atoms in total. The lowest BCUT2D eigenvalue weighted by Gasteiger charge is -2.26. The molecule has 0 saturated carbocycles. The van der Waals surface area contributed by atoms with E-state index in [1.807, 2.05) is 66.7 Å². The van der Waals surface area contributed by atoms with Crippen LogP contribution >= 0.6 is 0 Å². The number of rotatable bonds is 13. The van der Waals surface area contributed by atoms with Crippen LogP contribution in [0.25, 0.3) is 24.3 Å². The fraction of sp³-hybridized carbons (Fsp3) is 0.111. The van der Waals surface area contributed by atoms with Crippen molar-refractivity contribution in [3.05, 3.63) is 209 Å². The molecule has 0 aliphatic rings. The average molecular weight is 806 g/mol. The van der Waals surface area contributed by atoms with Gasteiger partial charge in [-0.1, -0.05) is 129 Å². The normalized spacial score (nSPS) is 11.4. The smallest absolute Gasteiger partial charge is 0.497 e. The van der Waals surface area contributed by atoms with E-state index in [9.17, 15) is 9.59 Å². The minimum atomic E-state index is -0.825. The third-order valence-electron chi connectivity index (χ3n) is 10.3. The van der Waals surface area contributed by atoms with Crippen LogP contribution in [-0.4, -0.2) is 19.2 Å². The predicted octanol–water partition coefficient (Wildman–Crippen LogP) is 13.6. The number of benzene rings is 7. The summed E-state index contributed by atoms with van der Waals surface area (Å²) in [6.45, 7) is 7.66. The molecule has 0 saturated heterocycles. The highest BCUT2D eigenvalue weighted by Crippen LogP contribution is 2.36. The van der Waals surface area contributed by atoms with Gasteiger partial charge in [0.05, 0.1) is 7.11 Å². The molecule has 7 heteroatoms. The molecule has 0 aromatic heterocycles. The molecule has 0 bridgehead atoms. The zero-order chi connectivity index (χ0) is 42.8. The van der Waals surface area contributed by atoms with Crippen LogP contribution < -0.4 is 23.8 Å². The van der Waals surface area contributed by atoms with Gasteiger partial charge in [-0.3, -0.25) is 4.79 Å². The molecule has 0 radical (unpaired) electrons. The highest BCUT2D eigenvalue weighted by Gasteiger charge is 2.23. The van der Waals surface area contributed by atoms with Crippen molar-refractivity contribution in [3.8, 4) is 23.0 Å². The molecule has 304 valence electrons. The monoisotopic (exact) mass is 805 g/mol. The van der Waals surface area contributed by atoms with Crippen LogP contribution in [-0.2, 0) is 10.2 Å². The van der Waals surface area contributed by atoms with E-state index in [1.54, 1.807) is 43.5 Å². The predicted molar refractivity (Wildman–Crippen MR) is 246 cm³/mol. The number of nitrogens with zero attached hydrogens (tertiary/aromatic N) is 1. The highest BCUT2D eigenvalue weighted by molar-refractivity contribution is 5.80. The van der Waals surface area contributed by atoms with Gasteiger partial charge in [-0.15, -0.1) is 0 Å². The van der Waals surface area contributed by atoms with Crippen molar-refractivity contribution in [2.75, 3.05) is 12.0 Å². The Morgan fingerprint density at radius 2 is 0.754 bits per heavy atom. The largest absolute Gasteiger partial charge is 0.519 e. The fourth-order valence-corrected chi connectivity index (χ4v) is 6.78. The molecular weight excluding hydrogens is 759 g/mol. The lowest BCUT2D eigenvalue weighted by molar-refractivity contribution is -0.131. The van der Waals surface area contributed by atoms with Crippen molar-refractivity contribution in [2.45, 2.75) is 33.1 Å². The summed E-state index contributed by atoms with van der Waals surface area (Å²) in [6.07, 6.45) is 7.45. The van der Waals surface area contributed by atoms with Crippen molar-refractivity contribution < 1.29 is 28.5 Å². The zero-order valence-electron chi connectivity index (χ0n) is 34.9. The van der Waals surface area contributed by atoms with Crippen LogP contribution in [0.1, 0.15) is 59.7 Å². The standard InChI is InChI=1S/C54H47NO6/c1-38-6-24-46(25-7-38)55(47-26-12-40(13-27-47)8-10-42-16-30-49(58-5)31-17-42)48-28-14-41(15-29-48)9-11-43-18-32-51(33-19-43)60-53(57)61-52-36-22-45(23-37-52)54(3,4)44-20-34-50(35-21-44)59-39(2)56/h6-37H,1-5H3/b10-8+,11-9+. The molecule has 0 aliphatic heterocycles. The Hall–Kier alpha value is -7.64. The minimum absolute atomic E-state index is 0.345. The molecule has 0 N–H and O–H groups in total. The molecule has 7 aromatic carbocycles. The summed E-state index contributed by atoms with van der Waals surface area (Å²) in [6, 6.07) is 55.5. The first-order valence-corrected chi connectivity index (χ1v) is 20.0. The second-order valence-electron chi connectivity index (χ2n) is 15.1. The summed E-state index contributed by atoms with van der Waals surface area (Å²) < 4.78 is 21.4. The first kappa shape index (κ1) is 41.5. The Morgan fingerprint density at radius 3 is 1.11 bits per heavy atom. The van der Waals surface area contributed by atoms with E-state index in [0.717, 1.165) is 56.2 Å². The summed E-state index contributed by atoms with van der Waals surface area (Å²) in [4.78, 5) is 26.2. The molecule has 61 heavy (non-hydrogen) atoms. The van der Waals surface area contributed by atoms with Crippen LogP contribution in [0.15, 0.2) is 170 Å². The third kappa shape index (κ3) is 10.9. The van der Waals surface area contributed by atoms with Crippen LogP contribution in [0, 0.1) is 6.92 Å². The van der Waals surface area contributed by atoms with Gasteiger partial charge in [-0.05, 0) is 125 Å². The number of hydrogen-bond acceptors (Lipinski definition) is 7. The molecule has 0 heterocycles. The lowest BCUT2D eigenvalue weighted by atomic mass is 9.78. The number of esters is 1. The third-order valence-corrected chi connectivity index (χ3v) is 10.3. The van der Waals surface area contributed by atoms with E-state index in [0.29, 0.717) is 17.2 Å². The number of aryl methyl sites for hydroxylation is 1. The second kappa shape index (κ2) is 19.0. The zero-order valence-corrected chi connectivity index (χ0v) is 34.9. The van der Waals surface area contributed by atoms with E-state index in [1.165, 1.54) is 12.5 Å². The molecule has 0 atom stereocenters. The number of ether oxygens (including phenoxy) is 4. The number of hydrogen-bond donors (Lipinski definition) is 0. The van der Waals surface area contributed by atoms with Gasteiger partial charge in [0.2, 0.25) is 0 Å². The second-order valence-corrected chi connectivity index (χ2v) is 15.1. The number of anilines is 3. The number of carbonyl (C=O) groups excluding carboxylic acids is 2. The molecule has 0 fully saturated rings. The number of carbonyl (C=O) groups is 2. The van der Waals surface area contributed by atoms with Crippen molar-refractivity contribution >= 4 is 53.5 Å². The van der Waals surface area contributed by atoms with E-state index in [-0.39, 0.29) is 11.4 Å². The SMILES string of the molecule is COc1ccc(/C=C/c2ccc(N(c3ccc(C)cc3)c3ccc(/C=C/c4ccc(OC(=O)Oc5ccc(C(C)(C)c6ccc(OC(C)=O)cc6)cc5)cc4)cc3)cc2)cc1. The van der Waals surface area contributed by atoms with E-state index >= 15 is 0 Å². The Morgan fingerprint density at radius 1 is 0.443 bits per heavy atom. The Bertz CT molecular complexity index is 2610. The van der Waals surface area contributed by atoms with Crippen molar-refractivity contribution in [3.63, 3.8) is 0 Å². The Labute approximate surface area is 357 Å².